The van der Waals surface area contributed by atoms with E-state index in [2.05, 4.69) is 107 Å². The standard InChI is InChI=1S/C32H24ClNS/c33-31-8-4-5-9-32(31)34(29-6-2-1-3-7-29)30-20-18-27(19-21-30)15-14-25-10-12-26(13-11-25)16-17-28-22-23-35-24-28/h1-24H. The molecule has 1 aromatic heterocycles. The summed E-state index contributed by atoms with van der Waals surface area (Å²) >= 11 is 8.28. The predicted molar refractivity (Wildman–Crippen MR) is 155 cm³/mol. The number of halogens is 1. The van der Waals surface area contributed by atoms with Gasteiger partial charge in [0, 0.05) is 11.4 Å². The van der Waals surface area contributed by atoms with Gasteiger partial charge in [0.05, 0.1) is 10.7 Å². The lowest BCUT2D eigenvalue weighted by atomic mass is 10.1. The van der Waals surface area contributed by atoms with Gasteiger partial charge < -0.3 is 4.90 Å². The number of rotatable bonds is 7. The molecule has 1 heterocycles. The first-order valence-electron chi connectivity index (χ1n) is 11.4. The smallest absolute Gasteiger partial charge is 0.0647 e. The van der Waals surface area contributed by atoms with Gasteiger partial charge in [0.15, 0.2) is 0 Å². The molecule has 0 aliphatic rings. The number of nitrogens with zero attached hydrogens (tertiary/aromatic N) is 1. The van der Waals surface area contributed by atoms with Gasteiger partial charge in [-0.25, -0.2) is 0 Å². The van der Waals surface area contributed by atoms with Gasteiger partial charge in [-0.15, -0.1) is 0 Å². The first kappa shape index (κ1) is 22.9. The highest BCUT2D eigenvalue weighted by Gasteiger charge is 2.14. The van der Waals surface area contributed by atoms with Crippen molar-refractivity contribution in [2.24, 2.45) is 0 Å². The summed E-state index contributed by atoms with van der Waals surface area (Å²) in [6.07, 6.45) is 8.57. The highest BCUT2D eigenvalue weighted by atomic mass is 35.5. The third kappa shape index (κ3) is 5.81. The van der Waals surface area contributed by atoms with Crippen molar-refractivity contribution in [3.8, 4) is 0 Å². The van der Waals surface area contributed by atoms with Crippen molar-refractivity contribution < 1.29 is 0 Å². The van der Waals surface area contributed by atoms with E-state index in [1.807, 2.05) is 42.5 Å². The Kier molecular flexibility index (Phi) is 7.24. The molecule has 0 saturated heterocycles. The van der Waals surface area contributed by atoms with Crippen LogP contribution in [0.4, 0.5) is 17.1 Å². The van der Waals surface area contributed by atoms with Gasteiger partial charge in [0.1, 0.15) is 0 Å². The van der Waals surface area contributed by atoms with Gasteiger partial charge in [0.25, 0.3) is 0 Å². The Labute approximate surface area is 215 Å². The SMILES string of the molecule is Clc1ccccc1N(c1ccccc1)c1ccc(C=Cc2ccc(C=Cc3ccsc3)cc2)cc1. The molecular weight excluding hydrogens is 466 g/mol. The van der Waals surface area contributed by atoms with Crippen molar-refractivity contribution in [2.45, 2.75) is 0 Å². The van der Waals surface area contributed by atoms with E-state index in [9.17, 15) is 0 Å². The first-order valence-corrected chi connectivity index (χ1v) is 12.8. The minimum absolute atomic E-state index is 0.717. The van der Waals surface area contributed by atoms with Crippen LogP contribution >= 0.6 is 22.9 Å². The molecule has 5 aromatic rings. The summed E-state index contributed by atoms with van der Waals surface area (Å²) in [5.41, 5.74) is 7.82. The van der Waals surface area contributed by atoms with Crippen LogP contribution in [0.15, 0.2) is 120 Å². The molecule has 0 amide bonds. The molecule has 0 atom stereocenters. The Hall–Kier alpha value is -3.85. The summed E-state index contributed by atoms with van der Waals surface area (Å²) in [4.78, 5) is 2.18. The molecule has 4 aromatic carbocycles. The molecule has 0 radical (unpaired) electrons. The molecular formula is C32H24ClNS. The molecule has 5 rings (SSSR count). The van der Waals surface area contributed by atoms with Crippen molar-refractivity contribution in [1.82, 2.24) is 0 Å². The summed E-state index contributed by atoms with van der Waals surface area (Å²) in [7, 11) is 0. The second kappa shape index (κ2) is 11.1. The van der Waals surface area contributed by atoms with Crippen LogP contribution in [0.1, 0.15) is 22.3 Å². The molecule has 0 unspecified atom stereocenters. The van der Waals surface area contributed by atoms with Gasteiger partial charge in [0.2, 0.25) is 0 Å². The Morgan fingerprint density at radius 3 is 1.60 bits per heavy atom. The van der Waals surface area contributed by atoms with Crippen LogP contribution in [-0.4, -0.2) is 0 Å². The van der Waals surface area contributed by atoms with Crippen molar-refractivity contribution in [2.75, 3.05) is 4.90 Å². The van der Waals surface area contributed by atoms with Crippen molar-refractivity contribution in [3.05, 3.63) is 147 Å². The summed E-state index contributed by atoms with van der Waals surface area (Å²) in [5, 5.41) is 4.96. The molecule has 3 heteroatoms. The maximum atomic E-state index is 6.57. The van der Waals surface area contributed by atoms with E-state index >= 15 is 0 Å². The van der Waals surface area contributed by atoms with Crippen LogP contribution in [0.5, 0.6) is 0 Å². The molecule has 0 fully saturated rings. The lowest BCUT2D eigenvalue weighted by Crippen LogP contribution is -2.10. The van der Waals surface area contributed by atoms with Gasteiger partial charge in [-0.05, 0) is 75.5 Å². The zero-order valence-electron chi connectivity index (χ0n) is 19.1. The average Bonchev–Trinajstić information content (AvgIpc) is 3.43. The van der Waals surface area contributed by atoms with E-state index in [1.54, 1.807) is 11.3 Å². The van der Waals surface area contributed by atoms with Crippen LogP contribution in [0.3, 0.4) is 0 Å². The van der Waals surface area contributed by atoms with E-state index < -0.39 is 0 Å². The van der Waals surface area contributed by atoms with Crippen molar-refractivity contribution >= 4 is 64.3 Å². The highest BCUT2D eigenvalue weighted by Crippen LogP contribution is 2.38. The average molecular weight is 490 g/mol. The normalized spacial score (nSPS) is 11.3. The zero-order chi connectivity index (χ0) is 23.9. The third-order valence-corrected chi connectivity index (χ3v) is 6.70. The number of hydrogen-bond donors (Lipinski definition) is 0. The highest BCUT2D eigenvalue weighted by molar-refractivity contribution is 7.08. The minimum atomic E-state index is 0.717. The van der Waals surface area contributed by atoms with E-state index in [0.717, 1.165) is 22.6 Å². The van der Waals surface area contributed by atoms with Crippen LogP contribution in [0, 0.1) is 0 Å². The van der Waals surface area contributed by atoms with Crippen molar-refractivity contribution in [3.63, 3.8) is 0 Å². The fourth-order valence-corrected chi connectivity index (χ4v) is 4.69. The van der Waals surface area contributed by atoms with E-state index in [1.165, 1.54) is 16.7 Å². The Morgan fingerprint density at radius 1 is 0.514 bits per heavy atom. The van der Waals surface area contributed by atoms with Crippen LogP contribution in [0.25, 0.3) is 24.3 Å². The molecule has 170 valence electrons. The lowest BCUT2D eigenvalue weighted by Gasteiger charge is -2.26. The molecule has 35 heavy (non-hydrogen) atoms. The predicted octanol–water partition coefficient (Wildman–Crippen LogP) is 10.2. The second-order valence-corrected chi connectivity index (χ2v) is 9.29. The Balaban J connectivity index is 1.33. The number of para-hydroxylation sites is 2. The minimum Gasteiger partial charge on any atom is -0.309 e. The van der Waals surface area contributed by atoms with Gasteiger partial charge >= 0.3 is 0 Å². The van der Waals surface area contributed by atoms with Crippen molar-refractivity contribution in [1.29, 1.82) is 0 Å². The molecule has 0 aliphatic carbocycles. The summed E-state index contributed by atoms with van der Waals surface area (Å²) in [5.74, 6) is 0. The number of benzene rings is 4. The Morgan fingerprint density at radius 2 is 1.03 bits per heavy atom. The first-order chi connectivity index (χ1) is 17.3. The molecule has 0 bridgehead atoms. The summed E-state index contributed by atoms with van der Waals surface area (Å²) in [6.45, 7) is 0. The zero-order valence-corrected chi connectivity index (χ0v) is 20.7. The number of anilines is 3. The summed E-state index contributed by atoms with van der Waals surface area (Å²) in [6, 6.07) is 37.5. The molecule has 0 N–H and O–H groups in total. The van der Waals surface area contributed by atoms with Crippen LogP contribution in [-0.2, 0) is 0 Å². The Bertz CT molecular complexity index is 1420. The van der Waals surface area contributed by atoms with Crippen LogP contribution in [0.2, 0.25) is 5.02 Å². The van der Waals surface area contributed by atoms with Crippen LogP contribution < -0.4 is 4.90 Å². The summed E-state index contributed by atoms with van der Waals surface area (Å²) < 4.78 is 0. The second-order valence-electron chi connectivity index (χ2n) is 8.10. The monoisotopic (exact) mass is 489 g/mol. The maximum Gasteiger partial charge on any atom is 0.0647 e. The third-order valence-electron chi connectivity index (χ3n) is 5.68. The fourth-order valence-electron chi connectivity index (χ4n) is 3.84. The lowest BCUT2D eigenvalue weighted by molar-refractivity contribution is 1.28. The fraction of sp³-hybridized carbons (Fsp3) is 0. The molecule has 0 spiro atoms. The van der Waals surface area contributed by atoms with E-state index in [-0.39, 0.29) is 0 Å². The quantitative estimate of drug-likeness (QED) is 0.205. The van der Waals surface area contributed by atoms with E-state index in [0.29, 0.717) is 5.02 Å². The molecule has 0 aliphatic heterocycles. The van der Waals surface area contributed by atoms with Gasteiger partial charge in [-0.2, -0.15) is 11.3 Å². The van der Waals surface area contributed by atoms with E-state index in [4.69, 9.17) is 11.6 Å². The maximum absolute atomic E-state index is 6.57. The van der Waals surface area contributed by atoms with Gasteiger partial charge in [-0.1, -0.05) is 103 Å². The molecule has 0 saturated carbocycles. The topological polar surface area (TPSA) is 3.24 Å². The largest absolute Gasteiger partial charge is 0.309 e. The number of thiophene rings is 1. The number of hydrogen-bond acceptors (Lipinski definition) is 2. The molecule has 1 nitrogen and oxygen atoms in total. The van der Waals surface area contributed by atoms with Gasteiger partial charge in [-0.3, -0.25) is 0 Å².